The molecule has 1 aromatic carbocycles. The van der Waals surface area contributed by atoms with Gasteiger partial charge in [0.05, 0.1) is 0 Å². The molecule has 0 unspecified atom stereocenters. The lowest BCUT2D eigenvalue weighted by atomic mass is 10.2. The summed E-state index contributed by atoms with van der Waals surface area (Å²) in [5.41, 5.74) is 5.45. The van der Waals surface area contributed by atoms with Crippen LogP contribution in [0, 0.1) is 0 Å². The van der Waals surface area contributed by atoms with Crippen molar-refractivity contribution in [2.45, 2.75) is 26.4 Å². The molecule has 0 radical (unpaired) electrons. The summed E-state index contributed by atoms with van der Waals surface area (Å²) in [5.74, 6) is 0.667. The first-order chi connectivity index (χ1) is 10.7. The van der Waals surface area contributed by atoms with Crippen LogP contribution in [0.2, 0.25) is 5.15 Å². The minimum Gasteiger partial charge on any atom is -0.444 e. The Morgan fingerprint density at radius 1 is 1.26 bits per heavy atom. The predicted molar refractivity (Wildman–Crippen MR) is 87.8 cm³/mol. The number of nitrogens with zero attached hydrogens (tertiary/aromatic N) is 2. The number of carbonyl (C=O) groups is 1. The lowest BCUT2D eigenvalue weighted by molar-refractivity contribution is 0.0636. The SMILES string of the molecule is CC(C)(C)OC(=O)Nc1cccc(Oc2cc(Cl)nc(N)n2)c1. The molecule has 0 fully saturated rings. The second kappa shape index (κ2) is 6.70. The molecule has 1 amide bonds. The van der Waals surface area contributed by atoms with Crippen molar-refractivity contribution in [2.75, 3.05) is 11.1 Å². The van der Waals surface area contributed by atoms with Crippen molar-refractivity contribution in [3.63, 3.8) is 0 Å². The Morgan fingerprint density at radius 2 is 2.00 bits per heavy atom. The fraction of sp³-hybridized carbons (Fsp3) is 0.267. The number of hydrogen-bond acceptors (Lipinski definition) is 6. The minimum absolute atomic E-state index is 0.00975. The van der Waals surface area contributed by atoms with Crippen LogP contribution in [0.25, 0.3) is 0 Å². The maximum atomic E-state index is 11.8. The van der Waals surface area contributed by atoms with Crippen molar-refractivity contribution in [3.8, 4) is 11.6 Å². The minimum atomic E-state index is -0.576. The highest BCUT2D eigenvalue weighted by atomic mass is 35.5. The number of nitrogens with two attached hydrogens (primary N) is 1. The van der Waals surface area contributed by atoms with Gasteiger partial charge in [0.25, 0.3) is 0 Å². The van der Waals surface area contributed by atoms with Gasteiger partial charge in [-0.3, -0.25) is 5.32 Å². The summed E-state index contributed by atoms with van der Waals surface area (Å²) in [6.45, 7) is 5.36. The third kappa shape index (κ3) is 5.63. The number of carbonyl (C=O) groups excluding carboxylic acids is 1. The number of ether oxygens (including phenoxy) is 2. The van der Waals surface area contributed by atoms with Gasteiger partial charge in [0.1, 0.15) is 16.5 Å². The molecule has 8 heteroatoms. The van der Waals surface area contributed by atoms with Gasteiger partial charge in [0.15, 0.2) is 0 Å². The van der Waals surface area contributed by atoms with Gasteiger partial charge < -0.3 is 15.2 Å². The van der Waals surface area contributed by atoms with E-state index in [1.54, 1.807) is 45.0 Å². The molecule has 1 heterocycles. The van der Waals surface area contributed by atoms with Crippen LogP contribution in [-0.4, -0.2) is 21.7 Å². The zero-order chi connectivity index (χ0) is 17.0. The van der Waals surface area contributed by atoms with Gasteiger partial charge in [-0.2, -0.15) is 4.98 Å². The molecule has 0 aliphatic heterocycles. The number of nitrogen functional groups attached to an aromatic ring is 1. The van der Waals surface area contributed by atoms with E-state index in [4.69, 9.17) is 26.8 Å². The molecule has 0 aliphatic carbocycles. The molecular formula is C15H17ClN4O3. The van der Waals surface area contributed by atoms with Crippen LogP contribution in [0.4, 0.5) is 16.4 Å². The summed E-state index contributed by atoms with van der Waals surface area (Å²) in [7, 11) is 0. The van der Waals surface area contributed by atoms with Gasteiger partial charge in [0, 0.05) is 17.8 Å². The van der Waals surface area contributed by atoms with Crippen LogP contribution < -0.4 is 15.8 Å². The first-order valence-corrected chi connectivity index (χ1v) is 7.17. The van der Waals surface area contributed by atoms with Crippen LogP contribution in [0.15, 0.2) is 30.3 Å². The third-order valence-corrected chi connectivity index (χ3v) is 2.58. The van der Waals surface area contributed by atoms with E-state index in [1.165, 1.54) is 6.07 Å². The van der Waals surface area contributed by atoms with Gasteiger partial charge >= 0.3 is 6.09 Å². The number of anilines is 2. The maximum Gasteiger partial charge on any atom is 0.412 e. The Kier molecular flexibility index (Phi) is 4.90. The predicted octanol–water partition coefficient (Wildman–Crippen LogP) is 3.85. The average Bonchev–Trinajstić information content (AvgIpc) is 2.35. The molecule has 0 saturated carbocycles. The number of nitrogens with one attached hydrogen (secondary N) is 1. The third-order valence-electron chi connectivity index (χ3n) is 2.39. The van der Waals surface area contributed by atoms with Gasteiger partial charge in [-0.1, -0.05) is 17.7 Å². The monoisotopic (exact) mass is 336 g/mol. The molecule has 2 rings (SSSR count). The van der Waals surface area contributed by atoms with E-state index in [9.17, 15) is 4.79 Å². The molecule has 0 bridgehead atoms. The normalized spacial score (nSPS) is 11.0. The topological polar surface area (TPSA) is 99.4 Å². The molecular weight excluding hydrogens is 320 g/mol. The second-order valence-corrected chi connectivity index (χ2v) is 6.03. The number of benzene rings is 1. The zero-order valence-electron chi connectivity index (χ0n) is 13.0. The molecule has 0 saturated heterocycles. The van der Waals surface area contributed by atoms with Crippen LogP contribution in [0.1, 0.15) is 20.8 Å². The van der Waals surface area contributed by atoms with Crippen LogP contribution in [0.3, 0.4) is 0 Å². The second-order valence-electron chi connectivity index (χ2n) is 5.64. The molecule has 0 spiro atoms. The molecule has 7 nitrogen and oxygen atoms in total. The van der Waals surface area contributed by atoms with Crippen molar-refractivity contribution in [1.82, 2.24) is 9.97 Å². The van der Waals surface area contributed by atoms with E-state index in [0.717, 1.165) is 0 Å². The standard InChI is InChI=1S/C15H17ClN4O3/c1-15(2,3)23-14(21)18-9-5-4-6-10(7-9)22-12-8-11(16)19-13(17)20-12/h4-8H,1-3H3,(H,18,21)(H2,17,19,20). The Bertz CT molecular complexity index is 696. The van der Waals surface area contributed by atoms with Gasteiger partial charge in [-0.25, -0.2) is 9.78 Å². The van der Waals surface area contributed by atoms with E-state index in [0.29, 0.717) is 11.4 Å². The first-order valence-electron chi connectivity index (χ1n) is 6.79. The number of hydrogen-bond donors (Lipinski definition) is 2. The largest absolute Gasteiger partial charge is 0.444 e. The highest BCUT2D eigenvalue weighted by Crippen LogP contribution is 2.25. The van der Waals surface area contributed by atoms with Crippen molar-refractivity contribution in [2.24, 2.45) is 0 Å². The summed E-state index contributed by atoms with van der Waals surface area (Å²) in [4.78, 5) is 19.4. The van der Waals surface area contributed by atoms with Crippen molar-refractivity contribution in [1.29, 1.82) is 0 Å². The van der Waals surface area contributed by atoms with Gasteiger partial charge in [0.2, 0.25) is 11.8 Å². The summed E-state index contributed by atoms with van der Waals surface area (Å²) in [5, 5.41) is 2.80. The zero-order valence-corrected chi connectivity index (χ0v) is 13.7. The summed E-state index contributed by atoms with van der Waals surface area (Å²) < 4.78 is 10.7. The fourth-order valence-corrected chi connectivity index (χ4v) is 1.83. The first kappa shape index (κ1) is 16.8. The van der Waals surface area contributed by atoms with Crippen molar-refractivity contribution < 1.29 is 14.3 Å². The van der Waals surface area contributed by atoms with Gasteiger partial charge in [-0.05, 0) is 32.9 Å². The van der Waals surface area contributed by atoms with Gasteiger partial charge in [-0.15, -0.1) is 0 Å². The number of amides is 1. The van der Waals surface area contributed by atoms with E-state index in [1.807, 2.05) is 0 Å². The molecule has 23 heavy (non-hydrogen) atoms. The smallest absolute Gasteiger partial charge is 0.412 e. The average molecular weight is 337 g/mol. The van der Waals surface area contributed by atoms with E-state index in [-0.39, 0.29) is 17.0 Å². The molecule has 1 aromatic heterocycles. The Labute approximate surface area is 138 Å². The molecule has 0 aliphatic rings. The Balaban J connectivity index is 2.09. The number of halogens is 1. The molecule has 122 valence electrons. The summed E-state index contributed by atoms with van der Waals surface area (Å²) in [6, 6.07) is 8.18. The quantitative estimate of drug-likeness (QED) is 0.826. The van der Waals surface area contributed by atoms with Crippen LogP contribution in [-0.2, 0) is 4.74 Å². The maximum absolute atomic E-state index is 11.8. The molecule has 3 N–H and O–H groups in total. The highest BCUT2D eigenvalue weighted by molar-refractivity contribution is 6.29. The van der Waals surface area contributed by atoms with Crippen molar-refractivity contribution >= 4 is 29.3 Å². The number of rotatable bonds is 3. The number of aromatic nitrogens is 2. The summed E-state index contributed by atoms with van der Waals surface area (Å²) >= 11 is 5.79. The van der Waals surface area contributed by atoms with E-state index < -0.39 is 11.7 Å². The van der Waals surface area contributed by atoms with Crippen LogP contribution in [0.5, 0.6) is 11.6 Å². The lowest BCUT2D eigenvalue weighted by Gasteiger charge is -2.19. The van der Waals surface area contributed by atoms with E-state index in [2.05, 4.69) is 15.3 Å². The van der Waals surface area contributed by atoms with Crippen molar-refractivity contribution in [3.05, 3.63) is 35.5 Å². The highest BCUT2D eigenvalue weighted by Gasteiger charge is 2.16. The summed E-state index contributed by atoms with van der Waals surface area (Å²) in [6.07, 6.45) is -0.552. The molecule has 2 aromatic rings. The Morgan fingerprint density at radius 3 is 2.65 bits per heavy atom. The fourth-order valence-electron chi connectivity index (χ4n) is 1.65. The lowest BCUT2D eigenvalue weighted by Crippen LogP contribution is -2.27. The van der Waals surface area contributed by atoms with Crippen LogP contribution >= 0.6 is 11.6 Å². The Hall–Kier alpha value is -2.54. The van der Waals surface area contributed by atoms with E-state index >= 15 is 0 Å². The molecule has 0 atom stereocenters.